The Morgan fingerprint density at radius 3 is 2.17 bits per heavy atom. The van der Waals surface area contributed by atoms with Gasteiger partial charge in [0.1, 0.15) is 0 Å². The summed E-state index contributed by atoms with van der Waals surface area (Å²) in [5.41, 5.74) is 5.47. The quantitative estimate of drug-likeness (QED) is 0.167. The third-order valence-corrected chi connectivity index (χ3v) is 6.40. The maximum atomic E-state index is 6.19. The second kappa shape index (κ2) is 12.4. The van der Waals surface area contributed by atoms with Crippen LogP contribution in [0.1, 0.15) is 0 Å². The van der Waals surface area contributed by atoms with Crippen LogP contribution in [0.15, 0.2) is 115 Å². The Morgan fingerprint density at radius 2 is 1.43 bits per heavy atom. The van der Waals surface area contributed by atoms with Crippen LogP contribution in [0.5, 0.6) is 11.6 Å². The molecule has 3 aromatic heterocycles. The van der Waals surface area contributed by atoms with E-state index in [0.717, 1.165) is 50.0 Å². The molecule has 1 radical (unpaired) electrons. The van der Waals surface area contributed by atoms with E-state index in [4.69, 9.17) is 9.72 Å². The monoisotopic (exact) mass is 769 g/mol. The number of hydrogen-bond acceptors (Lipinski definition) is 3. The second-order valence-electron chi connectivity index (χ2n) is 8.78. The number of ether oxygens (including phenoxy) is 1. The first-order chi connectivity index (χ1) is 18.8. The molecule has 7 rings (SSSR count). The third-order valence-electron chi connectivity index (χ3n) is 6.40. The zero-order valence-corrected chi connectivity index (χ0v) is 26.2. The summed E-state index contributed by atoms with van der Waals surface area (Å²) in [5, 5.41) is 2.18. The van der Waals surface area contributed by atoms with Crippen LogP contribution in [0, 0.1) is 24.4 Å². The fraction of sp³-hybridized carbons (Fsp3) is 0. The van der Waals surface area contributed by atoms with Gasteiger partial charge in [-0.05, 0) is 23.2 Å². The van der Waals surface area contributed by atoms with Crippen LogP contribution >= 0.6 is 0 Å². The molecule has 4 nitrogen and oxygen atoms in total. The molecule has 0 unspecified atom stereocenters. The molecule has 191 valence electrons. The van der Waals surface area contributed by atoms with Crippen molar-refractivity contribution in [2.75, 3.05) is 0 Å². The fourth-order valence-corrected chi connectivity index (χ4v) is 4.64. The summed E-state index contributed by atoms with van der Waals surface area (Å²) < 4.78 is 8.28. The number of aromatic nitrogens is 3. The molecule has 7 aromatic rings. The van der Waals surface area contributed by atoms with Crippen LogP contribution in [0.4, 0.5) is 0 Å². The molecule has 40 heavy (non-hydrogen) atoms. The number of benzene rings is 4. The van der Waals surface area contributed by atoms with Crippen molar-refractivity contribution >= 4 is 21.8 Å². The van der Waals surface area contributed by atoms with Gasteiger partial charge in [0.05, 0.1) is 0 Å². The predicted molar refractivity (Wildman–Crippen MR) is 149 cm³/mol. The molecule has 0 atom stereocenters. The molecule has 0 spiro atoms. The Balaban J connectivity index is 0.00000161. The Kier molecular flexibility index (Phi) is 8.71. The number of para-hydroxylation sites is 1. The number of nitrogens with zero attached hydrogens (tertiary/aromatic N) is 3. The van der Waals surface area contributed by atoms with Crippen LogP contribution in [-0.2, 0) is 53.8 Å². The molecule has 0 saturated heterocycles. The Hall–Kier alpha value is -3.43. The van der Waals surface area contributed by atoms with Crippen molar-refractivity contribution in [1.82, 2.24) is 14.5 Å². The van der Waals surface area contributed by atoms with Gasteiger partial charge < -0.3 is 14.3 Å². The number of pyridine rings is 2. The summed E-state index contributed by atoms with van der Waals surface area (Å²) in [6.07, 6.45) is 3.19. The van der Waals surface area contributed by atoms with Crippen molar-refractivity contribution in [3.05, 3.63) is 140 Å². The third kappa shape index (κ3) is 5.45. The van der Waals surface area contributed by atoms with Crippen LogP contribution in [0.3, 0.4) is 0 Å². The van der Waals surface area contributed by atoms with Crippen molar-refractivity contribution in [3.63, 3.8) is 0 Å². The SMILES string of the molecule is [Pt+2].[Y].[c-]1ccccc1-c1[c-]nc(-n2c3[c-]c(Oc4cccc(-c5[c-]cccc5)n4)ccc3c3ccccc32)cc1. The summed E-state index contributed by atoms with van der Waals surface area (Å²) in [4.78, 5) is 9.38. The topological polar surface area (TPSA) is 39.9 Å². The van der Waals surface area contributed by atoms with Crippen molar-refractivity contribution in [3.8, 4) is 39.8 Å². The van der Waals surface area contributed by atoms with Crippen molar-refractivity contribution in [2.24, 2.45) is 0 Å². The van der Waals surface area contributed by atoms with E-state index in [-0.39, 0.29) is 53.8 Å². The molecular weight excluding hydrogens is 750 g/mol. The molecule has 6 heteroatoms. The minimum absolute atomic E-state index is 0. The molecule has 0 aliphatic rings. The van der Waals surface area contributed by atoms with Crippen LogP contribution in [0.25, 0.3) is 50.0 Å². The minimum Gasteiger partial charge on any atom is -0.466 e. The van der Waals surface area contributed by atoms with Crippen molar-refractivity contribution in [1.29, 1.82) is 0 Å². The fourth-order valence-electron chi connectivity index (χ4n) is 4.64. The van der Waals surface area contributed by atoms with Gasteiger partial charge in [-0.1, -0.05) is 42.0 Å². The Bertz CT molecular complexity index is 1890. The Labute approximate surface area is 272 Å². The first-order valence-corrected chi connectivity index (χ1v) is 12.3. The van der Waals surface area contributed by atoms with Gasteiger partial charge in [0.15, 0.2) is 0 Å². The standard InChI is InChI=1S/C34H19N3O.Pt.Y/c1-3-10-24(11-4-1)26-18-21-33(35-23-26)37-31-16-8-7-14-28(31)29-20-19-27(22-32(29)37)38-34-17-9-15-30(36-34)25-12-5-2-6-13-25;;/h1-10,12,14-21H;;/q-4;+2;. The normalized spacial score (nSPS) is 10.6. The van der Waals surface area contributed by atoms with E-state index in [1.807, 2.05) is 97.1 Å². The number of rotatable bonds is 5. The molecule has 0 amide bonds. The van der Waals surface area contributed by atoms with E-state index in [1.165, 1.54) is 0 Å². The zero-order valence-electron chi connectivity index (χ0n) is 21.1. The van der Waals surface area contributed by atoms with E-state index in [0.29, 0.717) is 11.6 Å². The van der Waals surface area contributed by atoms with Gasteiger partial charge in [-0.15, -0.1) is 65.5 Å². The van der Waals surface area contributed by atoms with E-state index in [2.05, 4.69) is 52.1 Å². The molecule has 0 aliphatic heterocycles. The molecular formula is C34H19N3OPtY-2. The van der Waals surface area contributed by atoms with Crippen LogP contribution < -0.4 is 4.74 Å². The van der Waals surface area contributed by atoms with Gasteiger partial charge in [-0.3, -0.25) is 4.98 Å². The van der Waals surface area contributed by atoms with E-state index in [1.54, 1.807) is 0 Å². The maximum absolute atomic E-state index is 6.19. The predicted octanol–water partition coefficient (Wildman–Crippen LogP) is 7.90. The van der Waals surface area contributed by atoms with Gasteiger partial charge >= 0.3 is 21.1 Å². The molecule has 0 bridgehead atoms. The minimum atomic E-state index is 0. The van der Waals surface area contributed by atoms with Crippen molar-refractivity contribution < 1.29 is 58.5 Å². The van der Waals surface area contributed by atoms with E-state index >= 15 is 0 Å². The summed E-state index contributed by atoms with van der Waals surface area (Å²) in [5.74, 6) is 1.82. The van der Waals surface area contributed by atoms with Gasteiger partial charge in [-0.2, -0.15) is 36.4 Å². The molecule has 3 heterocycles. The van der Waals surface area contributed by atoms with Crippen LogP contribution in [0.2, 0.25) is 0 Å². The van der Waals surface area contributed by atoms with E-state index in [9.17, 15) is 0 Å². The number of hydrogen-bond donors (Lipinski definition) is 0. The zero-order chi connectivity index (χ0) is 25.3. The largest absolute Gasteiger partial charge is 2.00 e. The molecule has 0 N–H and O–H groups in total. The Morgan fingerprint density at radius 1 is 0.650 bits per heavy atom. The summed E-state index contributed by atoms with van der Waals surface area (Å²) >= 11 is 0. The first-order valence-electron chi connectivity index (χ1n) is 12.3. The van der Waals surface area contributed by atoms with Gasteiger partial charge in [0, 0.05) is 49.8 Å². The molecule has 0 fully saturated rings. The molecule has 0 saturated carbocycles. The van der Waals surface area contributed by atoms with E-state index < -0.39 is 0 Å². The summed E-state index contributed by atoms with van der Waals surface area (Å²) in [7, 11) is 0. The average molecular weight is 770 g/mol. The van der Waals surface area contributed by atoms with Crippen LogP contribution in [-0.4, -0.2) is 14.5 Å². The second-order valence-corrected chi connectivity index (χ2v) is 8.78. The smallest absolute Gasteiger partial charge is 0.466 e. The van der Waals surface area contributed by atoms with Gasteiger partial charge in [-0.25, -0.2) is 11.1 Å². The number of fused-ring (bicyclic) bond motifs is 3. The van der Waals surface area contributed by atoms with Gasteiger partial charge in [0.2, 0.25) is 5.88 Å². The van der Waals surface area contributed by atoms with Gasteiger partial charge in [0.25, 0.3) is 0 Å². The van der Waals surface area contributed by atoms with Crippen molar-refractivity contribution in [2.45, 2.75) is 0 Å². The molecule has 4 aromatic carbocycles. The maximum Gasteiger partial charge on any atom is 2.00 e. The average Bonchev–Trinajstić information content (AvgIpc) is 3.32. The summed E-state index contributed by atoms with van der Waals surface area (Å²) in [6.45, 7) is 0. The first kappa shape index (κ1) is 28.1. The summed E-state index contributed by atoms with van der Waals surface area (Å²) in [6, 6.07) is 47.5. The molecule has 0 aliphatic carbocycles.